The van der Waals surface area contributed by atoms with Crippen LogP contribution in [0.1, 0.15) is 6.42 Å². The molecular formula is C6H10BNO2. The van der Waals surface area contributed by atoms with Gasteiger partial charge in [0.15, 0.2) is 0 Å². The predicted octanol–water partition coefficient (Wildman–Crippen LogP) is -1.41. The lowest BCUT2D eigenvalue weighted by molar-refractivity contribution is 0.0853. The maximum Gasteiger partial charge on any atom is 0.114 e. The number of nitrogens with two attached hydrogens (primary N) is 1. The number of hydrogen-bond donors (Lipinski definition) is 2. The third kappa shape index (κ3) is 0.616. The van der Waals surface area contributed by atoms with Crippen molar-refractivity contribution in [3.8, 4) is 0 Å². The Labute approximate surface area is 61.0 Å². The molecule has 2 rings (SSSR count). The fourth-order valence-electron chi connectivity index (χ4n) is 1.63. The van der Waals surface area contributed by atoms with Crippen LogP contribution in [-0.4, -0.2) is 37.2 Å². The molecule has 4 heteroatoms. The summed E-state index contributed by atoms with van der Waals surface area (Å²) in [5.74, 6) is 0.171. The van der Waals surface area contributed by atoms with Crippen molar-refractivity contribution in [3.05, 3.63) is 0 Å². The van der Waals surface area contributed by atoms with Gasteiger partial charge < -0.3 is 15.6 Å². The van der Waals surface area contributed by atoms with Gasteiger partial charge in [0.2, 0.25) is 0 Å². The Bertz CT molecular complexity index is 177. The molecule has 2 unspecified atom stereocenters. The first-order valence-corrected chi connectivity index (χ1v) is 3.43. The SMILES string of the molecule is [B][C@]12CC1C(N)(CO)CO2. The Hall–Kier alpha value is -0.0551. The predicted molar refractivity (Wildman–Crippen MR) is 36.5 cm³/mol. The maximum absolute atomic E-state index is 8.88. The fraction of sp³-hybridized carbons (Fsp3) is 1.00. The summed E-state index contributed by atoms with van der Waals surface area (Å²) >= 11 is 0. The Morgan fingerprint density at radius 3 is 2.70 bits per heavy atom. The van der Waals surface area contributed by atoms with Gasteiger partial charge in [0, 0.05) is 11.4 Å². The molecule has 1 saturated heterocycles. The molecule has 1 saturated carbocycles. The van der Waals surface area contributed by atoms with Crippen molar-refractivity contribution in [1.29, 1.82) is 0 Å². The molecule has 2 fully saturated rings. The van der Waals surface area contributed by atoms with Crippen molar-refractivity contribution < 1.29 is 9.84 Å². The molecule has 3 N–H and O–H groups in total. The zero-order valence-electron chi connectivity index (χ0n) is 5.71. The van der Waals surface area contributed by atoms with E-state index < -0.39 is 11.0 Å². The van der Waals surface area contributed by atoms with Crippen LogP contribution < -0.4 is 5.73 Å². The Kier molecular flexibility index (Phi) is 1.04. The summed E-state index contributed by atoms with van der Waals surface area (Å²) < 4.78 is 5.21. The van der Waals surface area contributed by atoms with E-state index in [1.165, 1.54) is 0 Å². The van der Waals surface area contributed by atoms with Crippen LogP contribution in [0, 0.1) is 5.92 Å². The molecule has 0 aromatic heterocycles. The van der Waals surface area contributed by atoms with E-state index in [0.717, 1.165) is 6.42 Å². The van der Waals surface area contributed by atoms with Gasteiger partial charge in [-0.3, -0.25) is 0 Å². The Balaban J connectivity index is 2.16. The first-order chi connectivity index (χ1) is 4.61. The van der Waals surface area contributed by atoms with E-state index in [9.17, 15) is 0 Å². The van der Waals surface area contributed by atoms with Crippen molar-refractivity contribution in [1.82, 2.24) is 0 Å². The molecule has 0 bridgehead atoms. The Morgan fingerprint density at radius 2 is 2.50 bits per heavy atom. The number of rotatable bonds is 1. The molecule has 1 heterocycles. The smallest absolute Gasteiger partial charge is 0.114 e. The molecule has 0 aromatic rings. The Morgan fingerprint density at radius 1 is 1.80 bits per heavy atom. The van der Waals surface area contributed by atoms with Gasteiger partial charge in [0.1, 0.15) is 7.85 Å². The monoisotopic (exact) mass is 139 g/mol. The van der Waals surface area contributed by atoms with Crippen LogP contribution in [0.2, 0.25) is 0 Å². The first kappa shape index (κ1) is 6.64. The lowest BCUT2D eigenvalue weighted by atomic mass is 9.89. The average molecular weight is 139 g/mol. The summed E-state index contributed by atoms with van der Waals surface area (Å²) in [6.07, 6.45) is 0.796. The molecule has 54 valence electrons. The van der Waals surface area contributed by atoms with E-state index in [-0.39, 0.29) is 12.5 Å². The molecule has 10 heavy (non-hydrogen) atoms. The summed E-state index contributed by atoms with van der Waals surface area (Å²) in [4.78, 5) is 0. The van der Waals surface area contributed by atoms with Crippen molar-refractivity contribution in [2.24, 2.45) is 11.7 Å². The molecule has 3 atom stereocenters. The molecule has 1 aliphatic carbocycles. The highest BCUT2D eigenvalue weighted by molar-refractivity contribution is 6.17. The summed E-state index contributed by atoms with van der Waals surface area (Å²) in [5.41, 5.74) is 4.72. The van der Waals surface area contributed by atoms with Crippen molar-refractivity contribution in [2.75, 3.05) is 13.2 Å². The van der Waals surface area contributed by atoms with Crippen molar-refractivity contribution >= 4 is 7.85 Å². The minimum absolute atomic E-state index is 0.0311. The van der Waals surface area contributed by atoms with Gasteiger partial charge in [0.05, 0.1) is 18.8 Å². The summed E-state index contributed by atoms with van der Waals surface area (Å²) in [6, 6.07) is 0. The molecule has 0 spiro atoms. The van der Waals surface area contributed by atoms with Crippen LogP contribution >= 0.6 is 0 Å². The number of aliphatic hydroxyl groups excluding tert-OH is 1. The van der Waals surface area contributed by atoms with Gasteiger partial charge in [-0.1, -0.05) is 0 Å². The van der Waals surface area contributed by atoms with Crippen molar-refractivity contribution in [2.45, 2.75) is 17.5 Å². The standard InChI is InChI=1S/C6H10BNO2/c7-6-1-4(6)5(8,2-9)3-10-6/h4,9H,1-3,8H2/t4?,5?,6-/m0/s1. The van der Waals surface area contributed by atoms with Crippen LogP contribution in [0.15, 0.2) is 0 Å². The zero-order valence-corrected chi connectivity index (χ0v) is 5.71. The van der Waals surface area contributed by atoms with Crippen LogP contribution in [0.3, 0.4) is 0 Å². The van der Waals surface area contributed by atoms with E-state index in [0.29, 0.717) is 6.61 Å². The van der Waals surface area contributed by atoms with Crippen LogP contribution in [-0.2, 0) is 4.74 Å². The normalized spacial score (nSPS) is 58.4. The number of fused-ring (bicyclic) bond motifs is 1. The second-order valence-corrected chi connectivity index (χ2v) is 3.39. The first-order valence-electron chi connectivity index (χ1n) is 3.43. The summed E-state index contributed by atoms with van der Waals surface area (Å²) in [5, 5.41) is 8.88. The quantitative estimate of drug-likeness (QED) is 0.439. The van der Waals surface area contributed by atoms with E-state index >= 15 is 0 Å². The molecular weight excluding hydrogens is 129 g/mol. The second-order valence-electron chi connectivity index (χ2n) is 3.39. The van der Waals surface area contributed by atoms with Crippen LogP contribution in [0.25, 0.3) is 0 Å². The second kappa shape index (κ2) is 1.57. The van der Waals surface area contributed by atoms with Crippen LogP contribution in [0.4, 0.5) is 0 Å². The fourth-order valence-corrected chi connectivity index (χ4v) is 1.63. The average Bonchev–Trinajstić information content (AvgIpc) is 2.54. The molecule has 0 aromatic carbocycles. The molecule has 1 aliphatic heterocycles. The van der Waals surface area contributed by atoms with Gasteiger partial charge >= 0.3 is 0 Å². The largest absolute Gasteiger partial charge is 0.394 e. The highest BCUT2D eigenvalue weighted by Crippen LogP contribution is 2.55. The maximum atomic E-state index is 8.88. The van der Waals surface area contributed by atoms with E-state index in [1.807, 2.05) is 0 Å². The topological polar surface area (TPSA) is 55.5 Å². The van der Waals surface area contributed by atoms with E-state index in [2.05, 4.69) is 0 Å². The van der Waals surface area contributed by atoms with E-state index in [1.54, 1.807) is 0 Å². The van der Waals surface area contributed by atoms with Gasteiger partial charge in [-0.15, -0.1) is 0 Å². The lowest BCUT2D eigenvalue weighted by Crippen LogP contribution is -2.47. The molecule has 0 amide bonds. The molecule has 2 aliphatic rings. The van der Waals surface area contributed by atoms with Gasteiger partial charge in [-0.2, -0.15) is 0 Å². The summed E-state index contributed by atoms with van der Waals surface area (Å²) in [7, 11) is 5.69. The van der Waals surface area contributed by atoms with E-state index in [4.69, 9.17) is 23.4 Å². The number of ether oxygens (including phenoxy) is 1. The summed E-state index contributed by atoms with van der Waals surface area (Å²) in [6.45, 7) is 0.362. The highest BCUT2D eigenvalue weighted by atomic mass is 16.5. The third-order valence-corrected chi connectivity index (χ3v) is 2.55. The molecule has 2 radical (unpaired) electrons. The highest BCUT2D eigenvalue weighted by Gasteiger charge is 2.65. The number of hydrogen-bond acceptors (Lipinski definition) is 3. The third-order valence-electron chi connectivity index (χ3n) is 2.55. The van der Waals surface area contributed by atoms with Gasteiger partial charge in [0.25, 0.3) is 0 Å². The molecule has 3 nitrogen and oxygen atoms in total. The minimum Gasteiger partial charge on any atom is -0.394 e. The lowest BCUT2D eigenvalue weighted by Gasteiger charge is -2.20. The van der Waals surface area contributed by atoms with Crippen molar-refractivity contribution in [3.63, 3.8) is 0 Å². The number of aliphatic hydroxyl groups is 1. The minimum atomic E-state index is -0.561. The van der Waals surface area contributed by atoms with Crippen LogP contribution in [0.5, 0.6) is 0 Å². The van der Waals surface area contributed by atoms with Gasteiger partial charge in [-0.05, 0) is 6.42 Å². The van der Waals surface area contributed by atoms with Gasteiger partial charge in [-0.25, -0.2) is 0 Å². The zero-order chi connectivity index (χ0) is 7.41.